The second-order valence-electron chi connectivity index (χ2n) is 5.86. The maximum absolute atomic E-state index is 12.4. The molecule has 122 valence electrons. The van der Waals surface area contributed by atoms with E-state index in [-0.39, 0.29) is 5.91 Å². The van der Waals surface area contributed by atoms with E-state index in [0.717, 1.165) is 36.5 Å². The Morgan fingerprint density at radius 2 is 1.96 bits per heavy atom. The van der Waals surface area contributed by atoms with Gasteiger partial charge in [-0.2, -0.15) is 0 Å². The topological polar surface area (TPSA) is 78.0 Å². The quantitative estimate of drug-likeness (QED) is 0.787. The normalized spacial score (nSPS) is 15.8. The average molecular weight is 322 g/mol. The predicted octanol–water partition coefficient (Wildman–Crippen LogP) is 1.31. The number of carbonyl (C=O) groups excluding carboxylic acids is 1. The van der Waals surface area contributed by atoms with Gasteiger partial charge in [-0.25, -0.2) is 9.97 Å². The van der Waals surface area contributed by atoms with Crippen LogP contribution in [0.5, 0.6) is 0 Å². The van der Waals surface area contributed by atoms with Gasteiger partial charge in [-0.3, -0.25) is 14.7 Å². The summed E-state index contributed by atoms with van der Waals surface area (Å²) in [4.78, 5) is 32.5. The Morgan fingerprint density at radius 3 is 2.71 bits per heavy atom. The summed E-state index contributed by atoms with van der Waals surface area (Å²) in [7, 11) is 0. The van der Waals surface area contributed by atoms with Crippen molar-refractivity contribution in [2.24, 2.45) is 0 Å². The SMILES string of the molecule is O=C(c1cnccn1)N1CCN(Cc2nc3ccccc3[nH]2)CC1. The summed E-state index contributed by atoms with van der Waals surface area (Å²) in [5.74, 6) is 0.913. The molecule has 0 bridgehead atoms. The number of H-pyrrole nitrogens is 1. The van der Waals surface area contributed by atoms with Gasteiger partial charge in [-0.15, -0.1) is 0 Å². The van der Waals surface area contributed by atoms with Crippen LogP contribution in [0.3, 0.4) is 0 Å². The number of aromatic nitrogens is 4. The molecule has 1 aromatic carbocycles. The van der Waals surface area contributed by atoms with Crippen LogP contribution < -0.4 is 0 Å². The van der Waals surface area contributed by atoms with Crippen LogP contribution in [0.25, 0.3) is 11.0 Å². The van der Waals surface area contributed by atoms with E-state index in [1.807, 2.05) is 29.2 Å². The van der Waals surface area contributed by atoms with Crippen LogP contribution in [0, 0.1) is 0 Å². The van der Waals surface area contributed by atoms with Gasteiger partial charge in [-0.1, -0.05) is 12.1 Å². The number of amides is 1. The zero-order valence-corrected chi connectivity index (χ0v) is 13.2. The van der Waals surface area contributed by atoms with E-state index < -0.39 is 0 Å². The van der Waals surface area contributed by atoms with Gasteiger partial charge in [0.2, 0.25) is 0 Å². The largest absolute Gasteiger partial charge is 0.341 e. The molecule has 1 aliphatic heterocycles. The molecule has 0 radical (unpaired) electrons. The van der Waals surface area contributed by atoms with Crippen molar-refractivity contribution in [1.82, 2.24) is 29.7 Å². The molecule has 1 aliphatic rings. The fraction of sp³-hybridized carbons (Fsp3) is 0.294. The number of para-hydroxylation sites is 2. The first kappa shape index (κ1) is 14.8. The minimum atomic E-state index is -0.0495. The van der Waals surface area contributed by atoms with E-state index >= 15 is 0 Å². The zero-order chi connectivity index (χ0) is 16.4. The first-order valence-electron chi connectivity index (χ1n) is 8.01. The first-order valence-corrected chi connectivity index (χ1v) is 8.01. The molecule has 3 aromatic rings. The van der Waals surface area contributed by atoms with Crippen LogP contribution in [-0.2, 0) is 6.54 Å². The Morgan fingerprint density at radius 1 is 1.12 bits per heavy atom. The van der Waals surface area contributed by atoms with Crippen molar-refractivity contribution in [3.63, 3.8) is 0 Å². The maximum Gasteiger partial charge on any atom is 0.274 e. The number of aromatic amines is 1. The number of fused-ring (bicyclic) bond motifs is 1. The lowest BCUT2D eigenvalue weighted by Crippen LogP contribution is -2.48. The molecule has 1 fully saturated rings. The Labute approximate surface area is 139 Å². The molecule has 1 amide bonds. The minimum absolute atomic E-state index is 0.0495. The number of nitrogens with one attached hydrogen (secondary N) is 1. The zero-order valence-electron chi connectivity index (χ0n) is 13.2. The average Bonchev–Trinajstić information content (AvgIpc) is 3.05. The molecular weight excluding hydrogens is 304 g/mol. The second kappa shape index (κ2) is 6.37. The van der Waals surface area contributed by atoms with Gasteiger partial charge < -0.3 is 9.88 Å². The van der Waals surface area contributed by atoms with E-state index in [4.69, 9.17) is 0 Å². The van der Waals surface area contributed by atoms with E-state index in [2.05, 4.69) is 24.8 Å². The standard InChI is InChI=1S/C17H18N6O/c24-17(15-11-18-5-6-19-15)23-9-7-22(8-10-23)12-16-20-13-3-1-2-4-14(13)21-16/h1-6,11H,7-10,12H2,(H,20,21). The third-order valence-electron chi connectivity index (χ3n) is 4.25. The molecule has 0 unspecified atom stereocenters. The summed E-state index contributed by atoms with van der Waals surface area (Å²) < 4.78 is 0. The minimum Gasteiger partial charge on any atom is -0.341 e. The highest BCUT2D eigenvalue weighted by molar-refractivity contribution is 5.92. The van der Waals surface area contributed by atoms with Crippen molar-refractivity contribution >= 4 is 16.9 Å². The van der Waals surface area contributed by atoms with E-state index in [0.29, 0.717) is 18.8 Å². The lowest BCUT2D eigenvalue weighted by atomic mass is 10.2. The van der Waals surface area contributed by atoms with Crippen LogP contribution in [0.1, 0.15) is 16.3 Å². The monoisotopic (exact) mass is 322 g/mol. The Hall–Kier alpha value is -2.80. The second-order valence-corrected chi connectivity index (χ2v) is 5.86. The number of carbonyl (C=O) groups is 1. The van der Waals surface area contributed by atoms with Crippen molar-refractivity contribution in [3.8, 4) is 0 Å². The van der Waals surface area contributed by atoms with Crippen LogP contribution >= 0.6 is 0 Å². The molecule has 4 rings (SSSR count). The van der Waals surface area contributed by atoms with Crippen LogP contribution in [0.2, 0.25) is 0 Å². The van der Waals surface area contributed by atoms with Crippen molar-refractivity contribution in [2.75, 3.05) is 26.2 Å². The lowest BCUT2D eigenvalue weighted by Gasteiger charge is -2.34. The highest BCUT2D eigenvalue weighted by atomic mass is 16.2. The Bertz CT molecular complexity index is 805. The highest BCUT2D eigenvalue weighted by Crippen LogP contribution is 2.13. The third-order valence-corrected chi connectivity index (χ3v) is 4.25. The molecule has 0 aliphatic carbocycles. The van der Waals surface area contributed by atoms with Crippen molar-refractivity contribution in [1.29, 1.82) is 0 Å². The number of hydrogen-bond donors (Lipinski definition) is 1. The summed E-state index contributed by atoms with van der Waals surface area (Å²) in [6.45, 7) is 3.79. The Balaban J connectivity index is 1.37. The molecule has 24 heavy (non-hydrogen) atoms. The van der Waals surface area contributed by atoms with Gasteiger partial charge in [0.1, 0.15) is 11.5 Å². The molecule has 0 saturated carbocycles. The first-order chi connectivity index (χ1) is 11.8. The molecular formula is C17H18N6O. The molecule has 3 heterocycles. The summed E-state index contributed by atoms with van der Waals surface area (Å²) in [6, 6.07) is 8.03. The highest BCUT2D eigenvalue weighted by Gasteiger charge is 2.23. The number of hydrogen-bond acceptors (Lipinski definition) is 5. The van der Waals surface area contributed by atoms with Crippen molar-refractivity contribution in [3.05, 3.63) is 54.4 Å². The van der Waals surface area contributed by atoms with Gasteiger partial charge in [0.25, 0.3) is 5.91 Å². The van der Waals surface area contributed by atoms with E-state index in [1.165, 1.54) is 6.20 Å². The van der Waals surface area contributed by atoms with Crippen molar-refractivity contribution in [2.45, 2.75) is 6.54 Å². The third kappa shape index (κ3) is 2.98. The Kier molecular flexibility index (Phi) is 3.92. The number of benzene rings is 1. The number of piperazine rings is 1. The number of rotatable bonds is 3. The van der Waals surface area contributed by atoms with Gasteiger partial charge in [0.15, 0.2) is 0 Å². The molecule has 1 saturated heterocycles. The summed E-state index contributed by atoms with van der Waals surface area (Å²) in [5.41, 5.74) is 2.45. The van der Waals surface area contributed by atoms with Gasteiger partial charge in [-0.05, 0) is 12.1 Å². The van der Waals surface area contributed by atoms with Gasteiger partial charge in [0.05, 0.1) is 23.8 Å². The summed E-state index contributed by atoms with van der Waals surface area (Å²) >= 11 is 0. The molecule has 2 aromatic heterocycles. The molecule has 1 N–H and O–H groups in total. The van der Waals surface area contributed by atoms with Crippen molar-refractivity contribution < 1.29 is 4.79 Å². The molecule has 7 nitrogen and oxygen atoms in total. The maximum atomic E-state index is 12.4. The van der Waals surface area contributed by atoms with E-state index in [9.17, 15) is 4.79 Å². The fourth-order valence-corrected chi connectivity index (χ4v) is 2.97. The molecule has 0 spiro atoms. The van der Waals surface area contributed by atoms with Crippen LogP contribution in [0.4, 0.5) is 0 Å². The summed E-state index contributed by atoms with van der Waals surface area (Å²) in [5, 5.41) is 0. The van der Waals surface area contributed by atoms with Crippen LogP contribution in [0.15, 0.2) is 42.9 Å². The smallest absolute Gasteiger partial charge is 0.274 e. The predicted molar refractivity (Wildman–Crippen MR) is 89.3 cm³/mol. The number of nitrogens with zero attached hydrogens (tertiary/aromatic N) is 5. The lowest BCUT2D eigenvalue weighted by molar-refractivity contribution is 0.0619. The number of imidazole rings is 1. The molecule has 0 atom stereocenters. The molecule has 7 heteroatoms. The van der Waals surface area contributed by atoms with Gasteiger partial charge >= 0.3 is 0 Å². The van der Waals surface area contributed by atoms with Gasteiger partial charge in [0, 0.05) is 38.6 Å². The van der Waals surface area contributed by atoms with E-state index in [1.54, 1.807) is 12.4 Å². The summed E-state index contributed by atoms with van der Waals surface area (Å²) in [6.07, 6.45) is 4.64. The fourth-order valence-electron chi connectivity index (χ4n) is 2.97. The van der Waals surface area contributed by atoms with Crippen LogP contribution in [-0.4, -0.2) is 61.8 Å².